The number of hydrogen-bond acceptors (Lipinski definition) is 2. The Bertz CT molecular complexity index is 607. The number of carbonyl (C=O) groups is 1. The molecular weight excluding hydrogens is 236 g/mol. The molecule has 2 aromatic rings. The Morgan fingerprint density at radius 1 is 1.05 bits per heavy atom. The largest absolute Gasteiger partial charge is 0.326 e. The van der Waals surface area contributed by atoms with Crippen LogP contribution in [0.15, 0.2) is 48.5 Å². The minimum Gasteiger partial charge on any atom is -0.326 e. The first-order chi connectivity index (χ1) is 9.29. The van der Waals surface area contributed by atoms with E-state index in [1.54, 1.807) is 4.90 Å². The third-order valence-electron chi connectivity index (χ3n) is 3.49. The lowest BCUT2D eigenvalue weighted by atomic mass is 9.98. The van der Waals surface area contributed by atoms with E-state index in [1.807, 2.05) is 42.5 Å². The second-order valence-electron chi connectivity index (χ2n) is 4.73. The third kappa shape index (κ3) is 2.13. The van der Waals surface area contributed by atoms with Gasteiger partial charge in [0.1, 0.15) is 0 Å². The fraction of sp³-hybridized carbons (Fsp3) is 0.188. The fourth-order valence-corrected chi connectivity index (χ4v) is 2.53. The Morgan fingerprint density at radius 2 is 1.84 bits per heavy atom. The number of nitrogens with two attached hydrogens (primary N) is 1. The van der Waals surface area contributed by atoms with Crippen molar-refractivity contribution in [1.29, 1.82) is 0 Å². The lowest BCUT2D eigenvalue weighted by Crippen LogP contribution is -2.30. The van der Waals surface area contributed by atoms with Crippen LogP contribution in [0, 0.1) is 0 Å². The van der Waals surface area contributed by atoms with Crippen molar-refractivity contribution in [2.24, 2.45) is 5.73 Å². The Balaban J connectivity index is 2.09. The number of hydrogen-bond donors (Lipinski definition) is 1. The zero-order valence-corrected chi connectivity index (χ0v) is 10.7. The Hall–Kier alpha value is -2.13. The first-order valence-corrected chi connectivity index (χ1v) is 6.49. The third-order valence-corrected chi connectivity index (χ3v) is 3.49. The summed E-state index contributed by atoms with van der Waals surface area (Å²) < 4.78 is 0. The van der Waals surface area contributed by atoms with Gasteiger partial charge in [-0.1, -0.05) is 30.3 Å². The molecule has 3 heteroatoms. The lowest BCUT2D eigenvalue weighted by Gasteiger charge is -2.29. The highest BCUT2D eigenvalue weighted by Gasteiger charge is 2.25. The summed E-state index contributed by atoms with van der Waals surface area (Å²) in [4.78, 5) is 14.0. The second-order valence-corrected chi connectivity index (χ2v) is 4.73. The SMILES string of the molecule is NCc1ccc2c(c1)CCC(=O)N2c1ccccc1. The molecule has 2 aromatic carbocycles. The van der Waals surface area contributed by atoms with Crippen LogP contribution in [0.2, 0.25) is 0 Å². The number of amides is 1. The monoisotopic (exact) mass is 252 g/mol. The minimum atomic E-state index is 0.152. The molecule has 0 radical (unpaired) electrons. The van der Waals surface area contributed by atoms with E-state index in [2.05, 4.69) is 6.07 Å². The molecule has 0 spiro atoms. The summed E-state index contributed by atoms with van der Waals surface area (Å²) in [6, 6.07) is 15.9. The van der Waals surface area contributed by atoms with E-state index < -0.39 is 0 Å². The zero-order chi connectivity index (χ0) is 13.2. The van der Waals surface area contributed by atoms with E-state index >= 15 is 0 Å². The standard InChI is InChI=1S/C16H16N2O/c17-11-12-6-8-15-13(10-12)7-9-16(19)18(15)14-4-2-1-3-5-14/h1-6,8,10H,7,9,11,17H2. The van der Waals surface area contributed by atoms with E-state index in [-0.39, 0.29) is 5.91 Å². The van der Waals surface area contributed by atoms with E-state index in [1.165, 1.54) is 5.56 Å². The van der Waals surface area contributed by atoms with Crippen LogP contribution in [0.25, 0.3) is 0 Å². The van der Waals surface area contributed by atoms with E-state index in [4.69, 9.17) is 5.73 Å². The maximum atomic E-state index is 12.2. The van der Waals surface area contributed by atoms with Crippen molar-refractivity contribution in [3.05, 3.63) is 59.7 Å². The van der Waals surface area contributed by atoms with Gasteiger partial charge in [-0.15, -0.1) is 0 Å². The molecule has 0 bridgehead atoms. The van der Waals surface area contributed by atoms with Crippen molar-refractivity contribution in [2.75, 3.05) is 4.90 Å². The molecule has 1 aliphatic heterocycles. The zero-order valence-electron chi connectivity index (χ0n) is 10.7. The van der Waals surface area contributed by atoms with Crippen molar-refractivity contribution in [2.45, 2.75) is 19.4 Å². The first kappa shape index (κ1) is 11.9. The molecule has 1 aliphatic rings. The number of benzene rings is 2. The molecule has 0 atom stereocenters. The number of nitrogens with zero attached hydrogens (tertiary/aromatic N) is 1. The minimum absolute atomic E-state index is 0.152. The van der Waals surface area contributed by atoms with E-state index in [0.29, 0.717) is 13.0 Å². The van der Waals surface area contributed by atoms with E-state index in [9.17, 15) is 4.79 Å². The van der Waals surface area contributed by atoms with Crippen molar-refractivity contribution in [3.63, 3.8) is 0 Å². The molecule has 3 nitrogen and oxygen atoms in total. The Labute approximate surface area is 112 Å². The first-order valence-electron chi connectivity index (χ1n) is 6.49. The molecule has 0 aliphatic carbocycles. The normalized spacial score (nSPS) is 14.4. The van der Waals surface area contributed by atoms with Gasteiger partial charge in [-0.05, 0) is 35.7 Å². The summed E-state index contributed by atoms with van der Waals surface area (Å²) in [6.45, 7) is 0.534. The second kappa shape index (κ2) is 4.86. The summed E-state index contributed by atoms with van der Waals surface area (Å²) in [7, 11) is 0. The van der Waals surface area contributed by atoms with Gasteiger partial charge < -0.3 is 5.73 Å². The van der Waals surface area contributed by atoms with Gasteiger partial charge >= 0.3 is 0 Å². The van der Waals surface area contributed by atoms with Gasteiger partial charge in [-0.2, -0.15) is 0 Å². The maximum absolute atomic E-state index is 12.2. The van der Waals surface area contributed by atoms with Gasteiger partial charge in [-0.3, -0.25) is 9.69 Å². The van der Waals surface area contributed by atoms with Gasteiger partial charge in [0.25, 0.3) is 0 Å². The molecule has 0 saturated heterocycles. The van der Waals surface area contributed by atoms with E-state index in [0.717, 1.165) is 23.4 Å². The number of carbonyl (C=O) groups excluding carboxylic acids is 1. The summed E-state index contributed by atoms with van der Waals surface area (Å²) in [6.07, 6.45) is 1.35. The van der Waals surface area contributed by atoms with Crippen LogP contribution in [0.3, 0.4) is 0 Å². The number of rotatable bonds is 2. The smallest absolute Gasteiger partial charge is 0.231 e. The fourth-order valence-electron chi connectivity index (χ4n) is 2.53. The summed E-state index contributed by atoms with van der Waals surface area (Å²) in [5, 5.41) is 0. The highest BCUT2D eigenvalue weighted by molar-refractivity contribution is 6.03. The Kier molecular flexibility index (Phi) is 3.05. The predicted octanol–water partition coefficient (Wildman–Crippen LogP) is 2.76. The molecule has 96 valence electrons. The van der Waals surface area contributed by atoms with Crippen LogP contribution in [0.1, 0.15) is 17.5 Å². The molecule has 3 rings (SSSR count). The molecule has 0 aromatic heterocycles. The van der Waals surface area contributed by atoms with Gasteiger partial charge in [0.05, 0.1) is 5.69 Å². The van der Waals surface area contributed by atoms with Crippen LogP contribution in [0.4, 0.5) is 11.4 Å². The van der Waals surface area contributed by atoms with Crippen LogP contribution >= 0.6 is 0 Å². The van der Waals surface area contributed by atoms with Gasteiger partial charge in [0.15, 0.2) is 0 Å². The summed E-state index contributed by atoms with van der Waals surface area (Å²) >= 11 is 0. The molecule has 1 amide bonds. The highest BCUT2D eigenvalue weighted by atomic mass is 16.2. The molecule has 19 heavy (non-hydrogen) atoms. The number of aryl methyl sites for hydroxylation is 1. The van der Waals surface area contributed by atoms with Gasteiger partial charge in [0.2, 0.25) is 5.91 Å². The van der Waals surface area contributed by atoms with Crippen molar-refractivity contribution < 1.29 is 4.79 Å². The molecule has 0 fully saturated rings. The van der Waals surface area contributed by atoms with Crippen LogP contribution in [-0.4, -0.2) is 5.91 Å². The average Bonchev–Trinajstić information content (AvgIpc) is 2.47. The van der Waals surface area contributed by atoms with Crippen LogP contribution in [-0.2, 0) is 17.8 Å². The molecule has 2 N–H and O–H groups in total. The van der Waals surface area contributed by atoms with Crippen molar-refractivity contribution in [3.8, 4) is 0 Å². The van der Waals surface area contributed by atoms with Crippen LogP contribution < -0.4 is 10.6 Å². The quantitative estimate of drug-likeness (QED) is 0.893. The summed E-state index contributed by atoms with van der Waals surface area (Å²) in [5.41, 5.74) is 9.90. The predicted molar refractivity (Wildman–Crippen MR) is 76.2 cm³/mol. The summed E-state index contributed by atoms with van der Waals surface area (Å²) in [5.74, 6) is 0.152. The lowest BCUT2D eigenvalue weighted by molar-refractivity contribution is -0.118. The number of para-hydroxylation sites is 1. The topological polar surface area (TPSA) is 46.3 Å². The van der Waals surface area contributed by atoms with Gasteiger partial charge in [0, 0.05) is 18.7 Å². The number of fused-ring (bicyclic) bond motifs is 1. The number of anilines is 2. The average molecular weight is 252 g/mol. The Morgan fingerprint density at radius 3 is 2.58 bits per heavy atom. The van der Waals surface area contributed by atoms with Gasteiger partial charge in [-0.25, -0.2) is 0 Å². The van der Waals surface area contributed by atoms with Crippen LogP contribution in [0.5, 0.6) is 0 Å². The molecule has 1 heterocycles. The molecule has 0 unspecified atom stereocenters. The molecular formula is C16H16N2O. The van der Waals surface area contributed by atoms with Crippen molar-refractivity contribution in [1.82, 2.24) is 0 Å². The molecule has 0 saturated carbocycles. The van der Waals surface area contributed by atoms with Crippen molar-refractivity contribution >= 4 is 17.3 Å². The highest BCUT2D eigenvalue weighted by Crippen LogP contribution is 2.34. The maximum Gasteiger partial charge on any atom is 0.231 e.